The molecule has 21 heavy (non-hydrogen) atoms. The molecule has 1 unspecified atom stereocenters. The largest absolute Gasteiger partial charge is 0.496 e. The second kappa shape index (κ2) is 7.79. The highest BCUT2D eigenvalue weighted by molar-refractivity contribution is 5.33. The van der Waals surface area contributed by atoms with Crippen LogP contribution >= 0.6 is 0 Å². The topological polar surface area (TPSA) is 21.3 Å². The Balaban J connectivity index is 1.97. The number of para-hydroxylation sites is 1. The van der Waals surface area contributed by atoms with Gasteiger partial charge >= 0.3 is 0 Å². The molecule has 0 bridgehead atoms. The second-order valence-electron chi connectivity index (χ2n) is 5.00. The van der Waals surface area contributed by atoms with E-state index < -0.39 is 0 Å². The van der Waals surface area contributed by atoms with Gasteiger partial charge in [0, 0.05) is 11.6 Å². The number of rotatable bonds is 7. The average molecular weight is 287 g/mol. The Morgan fingerprint density at radius 2 is 1.81 bits per heavy atom. The lowest BCUT2D eigenvalue weighted by Crippen LogP contribution is -2.24. The molecule has 2 aromatic rings. The van der Waals surface area contributed by atoms with Crippen LogP contribution in [0.4, 0.5) is 4.39 Å². The van der Waals surface area contributed by atoms with Gasteiger partial charge in [0.25, 0.3) is 0 Å². The van der Waals surface area contributed by atoms with Crippen molar-refractivity contribution < 1.29 is 9.13 Å². The van der Waals surface area contributed by atoms with Crippen LogP contribution in [0.5, 0.6) is 5.75 Å². The molecule has 0 aliphatic heterocycles. The first-order valence-electron chi connectivity index (χ1n) is 7.36. The lowest BCUT2D eigenvalue weighted by molar-refractivity contribution is 0.408. The Morgan fingerprint density at radius 3 is 2.52 bits per heavy atom. The van der Waals surface area contributed by atoms with E-state index in [0.29, 0.717) is 0 Å². The molecule has 0 saturated heterocycles. The summed E-state index contributed by atoms with van der Waals surface area (Å²) in [6, 6.07) is 15.0. The van der Waals surface area contributed by atoms with E-state index in [2.05, 4.69) is 18.3 Å². The van der Waals surface area contributed by atoms with E-state index >= 15 is 0 Å². The first-order valence-corrected chi connectivity index (χ1v) is 7.36. The van der Waals surface area contributed by atoms with Crippen molar-refractivity contribution in [2.75, 3.05) is 13.7 Å². The molecule has 0 radical (unpaired) electrons. The molecule has 2 rings (SSSR count). The van der Waals surface area contributed by atoms with Crippen molar-refractivity contribution in [3.05, 3.63) is 65.5 Å². The Kier molecular flexibility index (Phi) is 5.76. The van der Waals surface area contributed by atoms with E-state index in [1.165, 1.54) is 6.07 Å². The zero-order valence-electron chi connectivity index (χ0n) is 12.6. The number of hydrogen-bond donors (Lipinski definition) is 1. The molecule has 2 aromatic carbocycles. The summed E-state index contributed by atoms with van der Waals surface area (Å²) in [7, 11) is 1.68. The van der Waals surface area contributed by atoms with Gasteiger partial charge in [-0.1, -0.05) is 43.3 Å². The van der Waals surface area contributed by atoms with Crippen LogP contribution in [-0.2, 0) is 6.42 Å². The normalized spacial score (nSPS) is 12.1. The highest BCUT2D eigenvalue weighted by Gasteiger charge is 2.12. The SMILES string of the molecule is CCC(NCCc1ccccc1OC)c1ccccc1F. The minimum absolute atomic E-state index is 0.0425. The van der Waals surface area contributed by atoms with E-state index in [-0.39, 0.29) is 11.9 Å². The lowest BCUT2D eigenvalue weighted by atomic mass is 10.0. The molecule has 0 aliphatic carbocycles. The molecule has 112 valence electrons. The molecule has 2 nitrogen and oxygen atoms in total. The molecule has 0 fully saturated rings. The monoisotopic (exact) mass is 287 g/mol. The molecule has 0 aliphatic rings. The first-order chi connectivity index (χ1) is 10.3. The van der Waals surface area contributed by atoms with Gasteiger partial charge < -0.3 is 10.1 Å². The predicted octanol–water partition coefficient (Wildman–Crippen LogP) is 4.12. The van der Waals surface area contributed by atoms with Crippen molar-refractivity contribution in [2.45, 2.75) is 25.8 Å². The van der Waals surface area contributed by atoms with Crippen molar-refractivity contribution >= 4 is 0 Å². The van der Waals surface area contributed by atoms with Crippen LogP contribution in [0.15, 0.2) is 48.5 Å². The number of nitrogens with one attached hydrogen (secondary N) is 1. The molecule has 0 aromatic heterocycles. The van der Waals surface area contributed by atoms with Crippen molar-refractivity contribution in [3.8, 4) is 5.75 Å². The third kappa shape index (κ3) is 4.05. The van der Waals surface area contributed by atoms with Gasteiger partial charge in [-0.05, 0) is 37.1 Å². The number of hydrogen-bond acceptors (Lipinski definition) is 2. The minimum atomic E-state index is -0.144. The highest BCUT2D eigenvalue weighted by atomic mass is 19.1. The Bertz CT molecular complexity index is 571. The molecule has 0 spiro atoms. The van der Waals surface area contributed by atoms with Gasteiger partial charge in [-0.3, -0.25) is 0 Å². The van der Waals surface area contributed by atoms with Crippen molar-refractivity contribution in [2.24, 2.45) is 0 Å². The molecule has 0 amide bonds. The number of methoxy groups -OCH3 is 1. The number of benzene rings is 2. The zero-order chi connectivity index (χ0) is 15.1. The van der Waals surface area contributed by atoms with Gasteiger partial charge in [0.05, 0.1) is 7.11 Å². The van der Waals surface area contributed by atoms with E-state index in [9.17, 15) is 4.39 Å². The summed E-state index contributed by atoms with van der Waals surface area (Å²) in [4.78, 5) is 0. The van der Waals surface area contributed by atoms with Crippen LogP contribution in [0.3, 0.4) is 0 Å². The minimum Gasteiger partial charge on any atom is -0.496 e. The Morgan fingerprint density at radius 1 is 1.10 bits per heavy atom. The zero-order valence-corrected chi connectivity index (χ0v) is 12.6. The van der Waals surface area contributed by atoms with Crippen molar-refractivity contribution in [3.63, 3.8) is 0 Å². The smallest absolute Gasteiger partial charge is 0.127 e. The van der Waals surface area contributed by atoms with Crippen molar-refractivity contribution in [1.29, 1.82) is 0 Å². The maximum atomic E-state index is 13.8. The van der Waals surface area contributed by atoms with Crippen LogP contribution in [0, 0.1) is 5.82 Å². The van der Waals surface area contributed by atoms with Gasteiger partial charge in [-0.2, -0.15) is 0 Å². The van der Waals surface area contributed by atoms with E-state index in [4.69, 9.17) is 4.74 Å². The molecule has 1 atom stereocenters. The van der Waals surface area contributed by atoms with Gasteiger partial charge in [0.15, 0.2) is 0 Å². The molecular formula is C18H22FNO. The van der Waals surface area contributed by atoms with Crippen LogP contribution in [0.25, 0.3) is 0 Å². The van der Waals surface area contributed by atoms with Gasteiger partial charge in [-0.15, -0.1) is 0 Å². The molecule has 3 heteroatoms. The predicted molar refractivity (Wildman–Crippen MR) is 84.1 cm³/mol. The summed E-state index contributed by atoms with van der Waals surface area (Å²) in [5.74, 6) is 0.757. The number of ether oxygens (including phenoxy) is 1. The van der Waals surface area contributed by atoms with Crippen LogP contribution in [0.2, 0.25) is 0 Å². The van der Waals surface area contributed by atoms with Crippen LogP contribution in [-0.4, -0.2) is 13.7 Å². The molecule has 0 heterocycles. The van der Waals surface area contributed by atoms with Crippen molar-refractivity contribution in [1.82, 2.24) is 5.32 Å². The van der Waals surface area contributed by atoms with Crippen LogP contribution in [0.1, 0.15) is 30.5 Å². The maximum absolute atomic E-state index is 13.8. The summed E-state index contributed by atoms with van der Waals surface area (Å²) in [5, 5.41) is 3.43. The summed E-state index contributed by atoms with van der Waals surface area (Å²) in [6.07, 6.45) is 1.71. The fourth-order valence-corrected chi connectivity index (χ4v) is 2.52. The van der Waals surface area contributed by atoms with Crippen LogP contribution < -0.4 is 10.1 Å². The van der Waals surface area contributed by atoms with Gasteiger partial charge in [-0.25, -0.2) is 4.39 Å². The Hall–Kier alpha value is -1.87. The van der Waals surface area contributed by atoms with Gasteiger partial charge in [0.1, 0.15) is 11.6 Å². The fraction of sp³-hybridized carbons (Fsp3) is 0.333. The van der Waals surface area contributed by atoms with E-state index in [0.717, 1.165) is 36.3 Å². The summed E-state index contributed by atoms with van der Waals surface area (Å²) in [5.41, 5.74) is 1.90. The highest BCUT2D eigenvalue weighted by Crippen LogP contribution is 2.21. The third-order valence-electron chi connectivity index (χ3n) is 3.67. The number of halogens is 1. The Labute approximate surface area is 126 Å². The summed E-state index contributed by atoms with van der Waals surface area (Å²) >= 11 is 0. The second-order valence-corrected chi connectivity index (χ2v) is 5.00. The van der Waals surface area contributed by atoms with E-state index in [1.54, 1.807) is 13.2 Å². The third-order valence-corrected chi connectivity index (χ3v) is 3.67. The maximum Gasteiger partial charge on any atom is 0.127 e. The van der Waals surface area contributed by atoms with E-state index in [1.807, 2.05) is 30.3 Å². The standard InChI is InChI=1S/C18H22FNO/c1-3-17(15-9-5-6-10-16(15)19)20-13-12-14-8-4-7-11-18(14)21-2/h4-11,17,20H,3,12-13H2,1-2H3. The summed E-state index contributed by atoms with van der Waals surface area (Å²) in [6.45, 7) is 2.85. The quantitative estimate of drug-likeness (QED) is 0.827. The molecular weight excluding hydrogens is 265 g/mol. The lowest BCUT2D eigenvalue weighted by Gasteiger charge is -2.18. The molecule has 1 N–H and O–H groups in total. The van der Waals surface area contributed by atoms with Gasteiger partial charge in [0.2, 0.25) is 0 Å². The fourth-order valence-electron chi connectivity index (χ4n) is 2.52. The first kappa shape index (κ1) is 15.5. The molecule has 0 saturated carbocycles. The average Bonchev–Trinajstić information content (AvgIpc) is 2.53. The summed E-state index contributed by atoms with van der Waals surface area (Å²) < 4.78 is 19.2.